The summed E-state index contributed by atoms with van der Waals surface area (Å²) in [6, 6.07) is 0. The maximum atomic E-state index is 0. The molecule has 0 saturated carbocycles. The summed E-state index contributed by atoms with van der Waals surface area (Å²) in [5.74, 6) is 0. The summed E-state index contributed by atoms with van der Waals surface area (Å²) < 4.78 is 0. The third kappa shape index (κ3) is 156. The van der Waals surface area contributed by atoms with Crippen molar-refractivity contribution in [3.05, 3.63) is 37.1 Å². The first-order valence-electron chi connectivity index (χ1n) is 0. The Morgan fingerprint density at radius 1 is 0.333 bits per heavy atom. The fraction of sp³-hybridized carbons (Fsp3) is 0. The molecule has 0 fully saturated rings. The summed E-state index contributed by atoms with van der Waals surface area (Å²) in [7, 11) is 0. The number of hydrogen-bond donors (Lipinski definition) is 0. The van der Waals surface area contributed by atoms with Gasteiger partial charge < -0.3 is 37.1 Å². The molecule has 0 unspecified atom stereocenters. The molecule has 0 amide bonds. The van der Waals surface area contributed by atoms with E-state index in [0.29, 0.717) is 0 Å². The minimum absolute atomic E-state index is 0. The second kappa shape index (κ2) is 309. The van der Waals surface area contributed by atoms with Gasteiger partial charge in [-0.05, 0) is 0 Å². The van der Waals surface area contributed by atoms with E-state index in [9.17, 15) is 0 Å². The van der Waals surface area contributed by atoms with Gasteiger partial charge in [0.25, 0.3) is 0 Å². The van der Waals surface area contributed by atoms with Gasteiger partial charge in [0.15, 0.2) is 0 Å². The summed E-state index contributed by atoms with van der Waals surface area (Å²) in [5.41, 5.74) is 0. The van der Waals surface area contributed by atoms with E-state index in [1.165, 1.54) is 0 Å². The van der Waals surface area contributed by atoms with Crippen molar-refractivity contribution in [3.8, 4) is 0 Å². The first-order valence-corrected chi connectivity index (χ1v) is 0. The molecule has 0 aliphatic heterocycles. The Labute approximate surface area is 57.1 Å². The van der Waals surface area contributed by atoms with Crippen LogP contribution in [0.2, 0.25) is 0 Å². The van der Waals surface area contributed by atoms with Crippen molar-refractivity contribution < 1.29 is 19.5 Å². The Balaban J connectivity index is 0. The molecule has 0 aromatic heterocycles. The first-order chi connectivity index (χ1) is 0. The normalized spacial score (nSPS) is 0. The molecule has 0 saturated heterocycles. The molecule has 0 nitrogen and oxygen atoms in total. The van der Waals surface area contributed by atoms with E-state index >= 15 is 0 Å². The third-order valence-electron chi connectivity index (χ3n) is 0. The van der Waals surface area contributed by atoms with Gasteiger partial charge in [0.2, 0.25) is 0 Å². The Morgan fingerprint density at radius 3 is 0.333 bits per heavy atom. The number of rotatable bonds is 0. The fourth-order valence-corrected chi connectivity index (χ4v) is 0. The minimum Gasteiger partial charge on any atom is -0.358 e. The Morgan fingerprint density at radius 2 is 0.333 bits per heavy atom. The molecule has 0 aromatic rings. The van der Waals surface area contributed by atoms with Crippen molar-refractivity contribution in [2.75, 3.05) is 0 Å². The van der Waals surface area contributed by atoms with E-state index in [1.807, 2.05) is 0 Å². The minimum atomic E-state index is 0. The van der Waals surface area contributed by atoms with Gasteiger partial charge in [-0.3, -0.25) is 0 Å². The van der Waals surface area contributed by atoms with Gasteiger partial charge in [-0.15, -0.1) is 0 Å². The molecule has 0 spiro atoms. The average molecular weight is 178 g/mol. The van der Waals surface area contributed by atoms with Crippen molar-refractivity contribution in [3.63, 3.8) is 0 Å². The molecule has 0 aliphatic rings. The van der Waals surface area contributed by atoms with Gasteiger partial charge in [-0.25, -0.2) is 0 Å². The maximum Gasteiger partial charge on any atom is 0 e. The molecule has 6 heavy (non-hydrogen) atoms. The van der Waals surface area contributed by atoms with Crippen molar-refractivity contribution in [1.82, 2.24) is 0 Å². The van der Waals surface area contributed by atoms with Gasteiger partial charge in [-0.1, -0.05) is 0 Å². The van der Waals surface area contributed by atoms with Crippen LogP contribution in [-0.2, 0) is 19.5 Å². The summed E-state index contributed by atoms with van der Waals surface area (Å²) in [6.45, 7) is 0. The van der Waals surface area contributed by atoms with Gasteiger partial charge in [0, 0.05) is 19.5 Å². The van der Waals surface area contributed by atoms with E-state index in [-0.39, 0.29) is 56.6 Å². The van der Waals surface area contributed by atoms with Crippen molar-refractivity contribution in [2.24, 2.45) is 0 Å². The van der Waals surface area contributed by atoms with Crippen molar-refractivity contribution in [1.29, 1.82) is 0 Å². The standard InChI is InChI=1S/5CH3.Rh/h5*1H3;/q5*-1;. The zero-order valence-corrected chi connectivity index (χ0v) is 6.97. The molecular weight excluding hydrogens is 163 g/mol. The predicted molar refractivity (Wildman–Crippen MR) is 32.1 cm³/mol. The van der Waals surface area contributed by atoms with Crippen LogP contribution in [0.4, 0.5) is 0 Å². The summed E-state index contributed by atoms with van der Waals surface area (Å²) in [6.07, 6.45) is 0. The zero-order valence-electron chi connectivity index (χ0n) is 5.33. The van der Waals surface area contributed by atoms with Crippen LogP contribution in [0.25, 0.3) is 0 Å². The third-order valence-corrected chi connectivity index (χ3v) is 0. The van der Waals surface area contributed by atoms with E-state index in [4.69, 9.17) is 0 Å². The quantitative estimate of drug-likeness (QED) is 0.394. The molecule has 0 aromatic carbocycles. The summed E-state index contributed by atoms with van der Waals surface area (Å²) in [5, 5.41) is 0. The molecular formula is C5H15Rh-5. The van der Waals surface area contributed by atoms with Crippen LogP contribution < -0.4 is 0 Å². The maximum absolute atomic E-state index is 0. The molecule has 1 heteroatoms. The van der Waals surface area contributed by atoms with E-state index in [2.05, 4.69) is 0 Å². The topological polar surface area (TPSA) is 0 Å². The molecule has 49 valence electrons. The largest absolute Gasteiger partial charge is 0.358 e. The van der Waals surface area contributed by atoms with Crippen LogP contribution in [0.3, 0.4) is 0 Å². The Hall–Kier alpha value is 0.623. The second-order valence-electron chi connectivity index (χ2n) is 0. The molecule has 0 bridgehead atoms. The smallest absolute Gasteiger partial charge is 0 e. The second-order valence-corrected chi connectivity index (χ2v) is 0. The molecule has 0 rings (SSSR count). The van der Waals surface area contributed by atoms with E-state index in [0.717, 1.165) is 0 Å². The SMILES string of the molecule is [CH3-].[CH3-].[CH3-].[CH3-].[CH3-].[Rh]. The van der Waals surface area contributed by atoms with Crippen LogP contribution in [0, 0.1) is 37.1 Å². The first kappa shape index (κ1) is 539. The van der Waals surface area contributed by atoms with Crippen molar-refractivity contribution >= 4 is 0 Å². The molecule has 1 radical (unpaired) electrons. The van der Waals surface area contributed by atoms with Crippen LogP contribution in [0.5, 0.6) is 0 Å². The number of hydrogen-bond acceptors (Lipinski definition) is 0. The Kier molecular flexibility index (Phi) is 27800. The summed E-state index contributed by atoms with van der Waals surface area (Å²) in [4.78, 5) is 0. The average Bonchev–Trinajstić information content (AvgIpc) is 0. The van der Waals surface area contributed by atoms with Crippen LogP contribution in [0.1, 0.15) is 0 Å². The molecule has 0 atom stereocenters. The van der Waals surface area contributed by atoms with Crippen molar-refractivity contribution in [2.45, 2.75) is 0 Å². The van der Waals surface area contributed by atoms with E-state index in [1.54, 1.807) is 0 Å². The molecule has 0 N–H and O–H groups in total. The zero-order chi connectivity index (χ0) is 0. The van der Waals surface area contributed by atoms with Crippen LogP contribution in [0.15, 0.2) is 0 Å². The van der Waals surface area contributed by atoms with Gasteiger partial charge in [0.05, 0.1) is 0 Å². The molecule has 0 aliphatic carbocycles. The van der Waals surface area contributed by atoms with Gasteiger partial charge in [-0.2, -0.15) is 0 Å². The van der Waals surface area contributed by atoms with Gasteiger partial charge in [0.1, 0.15) is 0 Å². The summed E-state index contributed by atoms with van der Waals surface area (Å²) >= 11 is 0. The van der Waals surface area contributed by atoms with E-state index < -0.39 is 0 Å². The Bertz CT molecular complexity index is 3.90. The fourth-order valence-electron chi connectivity index (χ4n) is 0. The van der Waals surface area contributed by atoms with Crippen LogP contribution >= 0.6 is 0 Å². The van der Waals surface area contributed by atoms with Gasteiger partial charge >= 0.3 is 0 Å². The predicted octanol–water partition coefficient (Wildman–Crippen LogP) is 2.25. The molecule has 0 heterocycles. The van der Waals surface area contributed by atoms with Crippen LogP contribution in [-0.4, -0.2) is 0 Å². The monoisotopic (exact) mass is 178 g/mol.